The van der Waals surface area contributed by atoms with Crippen LogP contribution in [0.2, 0.25) is 0 Å². The molecule has 0 heterocycles. The first-order valence-corrected chi connectivity index (χ1v) is 8.07. The lowest BCUT2D eigenvalue weighted by molar-refractivity contribution is -0.138. The summed E-state index contributed by atoms with van der Waals surface area (Å²) in [7, 11) is 0. The number of amides is 1. The van der Waals surface area contributed by atoms with Crippen molar-refractivity contribution in [3.05, 3.63) is 65.7 Å². The van der Waals surface area contributed by atoms with Gasteiger partial charge in [0.2, 0.25) is 0 Å². The predicted molar refractivity (Wildman–Crippen MR) is 90.6 cm³/mol. The minimum absolute atomic E-state index is 0.0635. The van der Waals surface area contributed by atoms with Crippen LogP contribution in [0.15, 0.2) is 48.5 Å². The maximum Gasteiger partial charge on any atom is 0.303 e. The molecule has 0 bridgehead atoms. The Hall–Kier alpha value is -2.96. The largest absolute Gasteiger partial charge is 0.481 e. The quantitative estimate of drug-likeness (QED) is 0.743. The molecule has 0 fully saturated rings. The lowest BCUT2D eigenvalue weighted by Gasteiger charge is -2.23. The van der Waals surface area contributed by atoms with Gasteiger partial charge in [0.25, 0.3) is 5.91 Å². The van der Waals surface area contributed by atoms with E-state index in [2.05, 4.69) is 0 Å². The first kappa shape index (κ1) is 19.4. The molecule has 138 valence electrons. The molecule has 0 spiro atoms. The highest BCUT2D eigenvalue weighted by Gasteiger charge is 2.16. The fourth-order valence-corrected chi connectivity index (χ4v) is 2.34. The second-order valence-corrected chi connectivity index (χ2v) is 5.66. The van der Waals surface area contributed by atoms with Crippen molar-refractivity contribution in [3.8, 4) is 5.75 Å². The molecule has 1 N–H and O–H groups in total. The molecule has 0 aliphatic rings. The van der Waals surface area contributed by atoms with E-state index in [4.69, 9.17) is 9.84 Å². The number of ether oxygens (including phenoxy) is 1. The molecule has 0 saturated carbocycles. The fraction of sp³-hybridized carbons (Fsp3) is 0.263. The van der Waals surface area contributed by atoms with E-state index < -0.39 is 30.1 Å². The number of hydrogen-bond acceptors (Lipinski definition) is 3. The molecule has 0 aromatic heterocycles. The third-order valence-corrected chi connectivity index (χ3v) is 3.63. The summed E-state index contributed by atoms with van der Waals surface area (Å²) in [5.41, 5.74) is 0.879. The summed E-state index contributed by atoms with van der Waals surface area (Å²) in [5.74, 6) is -3.20. The Kier molecular flexibility index (Phi) is 7.08. The van der Waals surface area contributed by atoms with Gasteiger partial charge in [-0.25, -0.2) is 8.78 Å². The monoisotopic (exact) mass is 363 g/mol. The van der Waals surface area contributed by atoms with Gasteiger partial charge in [-0.3, -0.25) is 9.59 Å². The Morgan fingerprint density at radius 3 is 2.46 bits per heavy atom. The van der Waals surface area contributed by atoms with E-state index in [1.165, 1.54) is 4.90 Å². The van der Waals surface area contributed by atoms with Crippen molar-refractivity contribution in [2.75, 3.05) is 13.2 Å². The third kappa shape index (κ3) is 6.16. The molecule has 0 unspecified atom stereocenters. The van der Waals surface area contributed by atoms with Crippen molar-refractivity contribution in [2.24, 2.45) is 0 Å². The van der Waals surface area contributed by atoms with E-state index in [0.29, 0.717) is 12.5 Å². The number of carbonyl (C=O) groups excluding carboxylic acids is 1. The number of aliphatic carboxylic acids is 1. The summed E-state index contributed by atoms with van der Waals surface area (Å²) in [5, 5.41) is 8.76. The first-order valence-electron chi connectivity index (χ1n) is 8.07. The zero-order chi connectivity index (χ0) is 18.9. The van der Waals surface area contributed by atoms with E-state index >= 15 is 0 Å². The highest BCUT2D eigenvalue weighted by atomic mass is 19.1. The topological polar surface area (TPSA) is 66.8 Å². The average Bonchev–Trinajstić information content (AvgIpc) is 2.60. The number of benzene rings is 2. The minimum Gasteiger partial charge on any atom is -0.481 e. The van der Waals surface area contributed by atoms with Crippen LogP contribution in [0.5, 0.6) is 5.75 Å². The Balaban J connectivity index is 1.99. The van der Waals surface area contributed by atoms with Crippen molar-refractivity contribution in [1.82, 2.24) is 4.90 Å². The highest BCUT2D eigenvalue weighted by molar-refractivity contribution is 5.78. The number of carboxylic acids is 1. The number of halogens is 2. The highest BCUT2D eigenvalue weighted by Crippen LogP contribution is 2.18. The van der Waals surface area contributed by atoms with E-state index in [1.54, 1.807) is 0 Å². The molecule has 26 heavy (non-hydrogen) atoms. The van der Waals surface area contributed by atoms with E-state index in [0.717, 1.165) is 17.7 Å². The molecule has 0 aliphatic heterocycles. The smallest absolute Gasteiger partial charge is 0.303 e. The Labute approximate surface area is 149 Å². The van der Waals surface area contributed by atoms with Crippen LogP contribution < -0.4 is 4.74 Å². The van der Waals surface area contributed by atoms with Crippen LogP contribution >= 0.6 is 0 Å². The summed E-state index contributed by atoms with van der Waals surface area (Å²) >= 11 is 0. The number of carboxylic acid groups (broad SMARTS) is 1. The SMILES string of the molecule is O=C(O)CCCN(Cc1ccccc1)C(=O)COc1ccc(F)cc1F. The molecule has 7 heteroatoms. The molecule has 2 rings (SSSR count). The molecule has 2 aromatic rings. The Morgan fingerprint density at radius 2 is 1.81 bits per heavy atom. The van der Waals surface area contributed by atoms with Gasteiger partial charge in [0, 0.05) is 25.6 Å². The van der Waals surface area contributed by atoms with Gasteiger partial charge in [0.15, 0.2) is 18.2 Å². The third-order valence-electron chi connectivity index (χ3n) is 3.63. The number of rotatable bonds is 9. The summed E-state index contributed by atoms with van der Waals surface area (Å²) in [6.07, 6.45) is 0.227. The maximum absolute atomic E-state index is 13.6. The predicted octanol–water partition coefficient (Wildman–Crippen LogP) is 3.24. The maximum atomic E-state index is 13.6. The second kappa shape index (κ2) is 9.50. The molecule has 0 radical (unpaired) electrons. The van der Waals surface area contributed by atoms with Gasteiger partial charge in [0.1, 0.15) is 5.82 Å². The molecule has 5 nitrogen and oxygen atoms in total. The molecule has 0 aliphatic carbocycles. The summed E-state index contributed by atoms with van der Waals surface area (Å²) in [4.78, 5) is 24.6. The average molecular weight is 363 g/mol. The van der Waals surface area contributed by atoms with Crippen LogP contribution in [0.4, 0.5) is 8.78 Å². The van der Waals surface area contributed by atoms with Gasteiger partial charge in [0.05, 0.1) is 0 Å². The van der Waals surface area contributed by atoms with Crippen molar-refractivity contribution < 1.29 is 28.2 Å². The summed E-state index contributed by atoms with van der Waals surface area (Å²) in [6.45, 7) is 0.0896. The number of hydrogen-bond donors (Lipinski definition) is 1. The molecule has 1 amide bonds. The van der Waals surface area contributed by atoms with Gasteiger partial charge in [-0.15, -0.1) is 0 Å². The van der Waals surface area contributed by atoms with E-state index in [-0.39, 0.29) is 25.3 Å². The van der Waals surface area contributed by atoms with Crippen LogP contribution in [0.3, 0.4) is 0 Å². The lowest BCUT2D eigenvalue weighted by atomic mass is 10.2. The van der Waals surface area contributed by atoms with Crippen LogP contribution in [-0.4, -0.2) is 35.0 Å². The number of carbonyl (C=O) groups is 2. The van der Waals surface area contributed by atoms with Gasteiger partial charge in [-0.2, -0.15) is 0 Å². The number of nitrogens with zero attached hydrogens (tertiary/aromatic N) is 1. The van der Waals surface area contributed by atoms with Crippen molar-refractivity contribution in [2.45, 2.75) is 19.4 Å². The van der Waals surface area contributed by atoms with Crippen LogP contribution in [0.25, 0.3) is 0 Å². The van der Waals surface area contributed by atoms with Crippen LogP contribution in [0.1, 0.15) is 18.4 Å². The van der Waals surface area contributed by atoms with Crippen molar-refractivity contribution >= 4 is 11.9 Å². The van der Waals surface area contributed by atoms with Crippen molar-refractivity contribution in [3.63, 3.8) is 0 Å². The molecular formula is C19H19F2NO4. The van der Waals surface area contributed by atoms with Crippen LogP contribution in [-0.2, 0) is 16.1 Å². The molecule has 0 saturated heterocycles. The van der Waals surface area contributed by atoms with Gasteiger partial charge in [-0.05, 0) is 24.1 Å². The van der Waals surface area contributed by atoms with Gasteiger partial charge < -0.3 is 14.7 Å². The zero-order valence-electron chi connectivity index (χ0n) is 14.0. The first-order chi connectivity index (χ1) is 12.5. The molecule has 0 atom stereocenters. The molecular weight excluding hydrogens is 344 g/mol. The summed E-state index contributed by atoms with van der Waals surface area (Å²) in [6, 6.07) is 12.0. The normalized spacial score (nSPS) is 10.4. The van der Waals surface area contributed by atoms with Crippen molar-refractivity contribution in [1.29, 1.82) is 0 Å². The lowest BCUT2D eigenvalue weighted by Crippen LogP contribution is -2.35. The van der Waals surface area contributed by atoms with Gasteiger partial charge >= 0.3 is 5.97 Å². The Morgan fingerprint density at radius 1 is 1.08 bits per heavy atom. The van der Waals surface area contributed by atoms with Crippen LogP contribution in [0, 0.1) is 11.6 Å². The minimum atomic E-state index is -0.943. The standard InChI is InChI=1S/C19H19F2NO4/c20-15-8-9-17(16(21)11-15)26-13-18(23)22(10-4-7-19(24)25)12-14-5-2-1-3-6-14/h1-3,5-6,8-9,11H,4,7,10,12-13H2,(H,24,25). The second-order valence-electron chi connectivity index (χ2n) is 5.66. The van der Waals surface area contributed by atoms with E-state index in [9.17, 15) is 18.4 Å². The van der Waals surface area contributed by atoms with E-state index in [1.807, 2.05) is 30.3 Å². The summed E-state index contributed by atoms with van der Waals surface area (Å²) < 4.78 is 31.6. The Bertz CT molecular complexity index is 752. The zero-order valence-corrected chi connectivity index (χ0v) is 14.0. The van der Waals surface area contributed by atoms with Gasteiger partial charge in [-0.1, -0.05) is 30.3 Å². The fourth-order valence-electron chi connectivity index (χ4n) is 2.34. The molecule has 2 aromatic carbocycles.